The van der Waals surface area contributed by atoms with Crippen molar-refractivity contribution in [2.45, 2.75) is 6.92 Å². The van der Waals surface area contributed by atoms with Gasteiger partial charge in [0, 0.05) is 5.56 Å². The number of carbonyl (C=O) groups excluding carboxylic acids is 1. The predicted molar refractivity (Wildman–Crippen MR) is 101 cm³/mol. The number of nitrogens with two attached hydrogens (primary N) is 1. The summed E-state index contributed by atoms with van der Waals surface area (Å²) in [6, 6.07) is 9.52. The van der Waals surface area contributed by atoms with E-state index in [0.717, 1.165) is 16.9 Å². The fourth-order valence-corrected chi connectivity index (χ4v) is 3.53. The lowest BCUT2D eigenvalue weighted by Gasteiger charge is -2.09. The number of aryl methyl sites for hydroxylation is 1. The van der Waals surface area contributed by atoms with Gasteiger partial charge in [-0.25, -0.2) is 9.37 Å². The topological polar surface area (TPSA) is 68.0 Å². The molecule has 0 radical (unpaired) electrons. The summed E-state index contributed by atoms with van der Waals surface area (Å²) in [6.07, 6.45) is 0. The van der Waals surface area contributed by atoms with Gasteiger partial charge in [-0.2, -0.15) is 0 Å². The molecule has 3 N–H and O–H groups in total. The quantitative estimate of drug-likeness (QED) is 0.623. The molecule has 0 aliphatic heterocycles. The monoisotopic (exact) mass is 395 g/mol. The van der Waals surface area contributed by atoms with Gasteiger partial charge in [0.05, 0.1) is 15.7 Å². The fourth-order valence-electron chi connectivity index (χ4n) is 2.21. The van der Waals surface area contributed by atoms with Gasteiger partial charge in [0.25, 0.3) is 5.91 Å². The van der Waals surface area contributed by atoms with Crippen LogP contribution in [0.2, 0.25) is 10.0 Å². The van der Waals surface area contributed by atoms with Crippen molar-refractivity contribution in [2.24, 2.45) is 0 Å². The van der Waals surface area contributed by atoms with Gasteiger partial charge < -0.3 is 11.1 Å². The van der Waals surface area contributed by atoms with Crippen molar-refractivity contribution < 1.29 is 9.18 Å². The molecule has 8 heteroatoms. The third kappa shape index (κ3) is 3.61. The molecule has 0 atom stereocenters. The van der Waals surface area contributed by atoms with E-state index < -0.39 is 11.7 Å². The van der Waals surface area contributed by atoms with E-state index in [2.05, 4.69) is 10.3 Å². The van der Waals surface area contributed by atoms with Crippen LogP contribution in [-0.4, -0.2) is 10.9 Å². The van der Waals surface area contributed by atoms with E-state index in [4.69, 9.17) is 28.9 Å². The van der Waals surface area contributed by atoms with Crippen LogP contribution in [0.25, 0.3) is 10.6 Å². The summed E-state index contributed by atoms with van der Waals surface area (Å²) in [5, 5.41) is 3.64. The SMILES string of the molecule is Cc1cccc(Cl)c1NC(=O)c1sc(-c2ccc(F)c(Cl)c2)nc1N. The highest BCUT2D eigenvalue weighted by atomic mass is 35.5. The first-order valence-corrected chi connectivity index (χ1v) is 8.72. The van der Waals surface area contributed by atoms with E-state index >= 15 is 0 Å². The molecular formula is C17H12Cl2FN3OS. The highest BCUT2D eigenvalue weighted by Gasteiger charge is 2.19. The summed E-state index contributed by atoms with van der Waals surface area (Å²) in [5.41, 5.74) is 7.81. The molecule has 0 spiro atoms. The molecule has 3 rings (SSSR count). The number of thiazole rings is 1. The Kier molecular flexibility index (Phi) is 4.94. The Hall–Kier alpha value is -2.15. The van der Waals surface area contributed by atoms with Gasteiger partial charge in [0.2, 0.25) is 0 Å². The van der Waals surface area contributed by atoms with Crippen molar-refractivity contribution in [2.75, 3.05) is 11.1 Å². The zero-order chi connectivity index (χ0) is 18.1. The lowest BCUT2D eigenvalue weighted by molar-refractivity contribution is 0.103. The molecule has 0 saturated heterocycles. The molecule has 1 amide bonds. The largest absolute Gasteiger partial charge is 0.382 e. The van der Waals surface area contributed by atoms with Crippen LogP contribution >= 0.6 is 34.5 Å². The first-order chi connectivity index (χ1) is 11.9. The van der Waals surface area contributed by atoms with Gasteiger partial charge in [0.15, 0.2) is 0 Å². The second-order valence-corrected chi connectivity index (χ2v) is 7.06. The van der Waals surface area contributed by atoms with Crippen LogP contribution < -0.4 is 11.1 Å². The van der Waals surface area contributed by atoms with Gasteiger partial charge >= 0.3 is 0 Å². The third-order valence-corrected chi connectivity index (χ3v) is 5.21. The molecule has 0 unspecified atom stereocenters. The average Bonchev–Trinajstić information content (AvgIpc) is 2.95. The van der Waals surface area contributed by atoms with Gasteiger partial charge in [-0.3, -0.25) is 4.79 Å². The minimum Gasteiger partial charge on any atom is -0.382 e. The molecular weight excluding hydrogens is 384 g/mol. The third-order valence-electron chi connectivity index (χ3n) is 3.49. The van der Waals surface area contributed by atoms with Crippen LogP contribution in [0.3, 0.4) is 0 Å². The zero-order valence-electron chi connectivity index (χ0n) is 12.9. The van der Waals surface area contributed by atoms with Crippen molar-refractivity contribution in [1.82, 2.24) is 4.98 Å². The summed E-state index contributed by atoms with van der Waals surface area (Å²) < 4.78 is 13.3. The fraction of sp³-hybridized carbons (Fsp3) is 0.0588. The molecule has 2 aromatic carbocycles. The number of nitrogens with one attached hydrogen (secondary N) is 1. The molecule has 1 aromatic heterocycles. The van der Waals surface area contributed by atoms with Gasteiger partial charge in [-0.05, 0) is 36.8 Å². The number of nitrogens with zero attached hydrogens (tertiary/aromatic N) is 1. The molecule has 4 nitrogen and oxygen atoms in total. The van der Waals surface area contributed by atoms with Crippen LogP contribution in [0.15, 0.2) is 36.4 Å². The number of hydrogen-bond donors (Lipinski definition) is 2. The number of hydrogen-bond acceptors (Lipinski definition) is 4. The van der Waals surface area contributed by atoms with Crippen LogP contribution in [0.4, 0.5) is 15.9 Å². The van der Waals surface area contributed by atoms with E-state index in [-0.39, 0.29) is 15.7 Å². The summed E-state index contributed by atoms with van der Waals surface area (Å²) in [5.74, 6) is -0.851. The minimum atomic E-state index is -0.526. The predicted octanol–water partition coefficient (Wildman–Crippen LogP) is 5.40. The van der Waals surface area contributed by atoms with Gasteiger partial charge in [-0.15, -0.1) is 11.3 Å². The maximum atomic E-state index is 13.3. The number of carbonyl (C=O) groups is 1. The molecule has 0 aliphatic carbocycles. The zero-order valence-corrected chi connectivity index (χ0v) is 15.3. The van der Waals surface area contributed by atoms with Gasteiger partial charge in [-0.1, -0.05) is 35.3 Å². The molecule has 0 bridgehead atoms. The Morgan fingerprint density at radius 2 is 2.00 bits per heavy atom. The highest BCUT2D eigenvalue weighted by molar-refractivity contribution is 7.17. The van der Waals surface area contributed by atoms with Crippen molar-refractivity contribution >= 4 is 52.0 Å². The Labute approximate surface area is 157 Å². The summed E-state index contributed by atoms with van der Waals surface area (Å²) in [6.45, 7) is 1.84. The molecule has 0 saturated carbocycles. The number of benzene rings is 2. The molecule has 1 heterocycles. The van der Waals surface area contributed by atoms with Crippen molar-refractivity contribution in [3.8, 4) is 10.6 Å². The van der Waals surface area contributed by atoms with Crippen LogP contribution in [0.5, 0.6) is 0 Å². The maximum Gasteiger partial charge on any atom is 0.269 e. The number of halogens is 3. The molecule has 25 heavy (non-hydrogen) atoms. The standard InChI is InChI=1S/C17H12Cl2FN3OS/c1-8-3-2-4-10(18)13(8)22-16(24)14-15(21)23-17(25-14)9-5-6-12(20)11(19)7-9/h2-7H,21H2,1H3,(H,22,24). The highest BCUT2D eigenvalue weighted by Crippen LogP contribution is 2.33. The smallest absolute Gasteiger partial charge is 0.269 e. The van der Waals surface area contributed by atoms with Crippen molar-refractivity contribution in [3.05, 3.63) is 62.7 Å². The Bertz CT molecular complexity index is 954. The second kappa shape index (κ2) is 7.00. The van der Waals surface area contributed by atoms with Crippen LogP contribution in [0.1, 0.15) is 15.2 Å². The van der Waals surface area contributed by atoms with Crippen LogP contribution in [0, 0.1) is 12.7 Å². The minimum absolute atomic E-state index is 0.0241. The summed E-state index contributed by atoms with van der Waals surface area (Å²) in [7, 11) is 0. The van der Waals surface area contributed by atoms with E-state index in [1.165, 1.54) is 18.2 Å². The first kappa shape index (κ1) is 17.7. The number of anilines is 2. The number of aromatic nitrogens is 1. The van der Waals surface area contributed by atoms with E-state index in [9.17, 15) is 9.18 Å². The van der Waals surface area contributed by atoms with Crippen molar-refractivity contribution in [3.63, 3.8) is 0 Å². The summed E-state index contributed by atoms with van der Waals surface area (Å²) in [4.78, 5) is 17.0. The average molecular weight is 396 g/mol. The number of nitrogen functional groups attached to an aromatic ring is 1. The maximum absolute atomic E-state index is 13.3. The number of rotatable bonds is 3. The number of amides is 1. The van der Waals surface area contributed by atoms with E-state index in [1.54, 1.807) is 12.1 Å². The molecule has 128 valence electrons. The van der Waals surface area contributed by atoms with Gasteiger partial charge in [0.1, 0.15) is 21.5 Å². The Morgan fingerprint density at radius 3 is 2.68 bits per heavy atom. The Balaban J connectivity index is 1.92. The molecule has 3 aromatic rings. The summed E-state index contributed by atoms with van der Waals surface area (Å²) >= 11 is 13.0. The van der Waals surface area contributed by atoms with Crippen molar-refractivity contribution in [1.29, 1.82) is 0 Å². The van der Waals surface area contributed by atoms with E-state index in [0.29, 0.717) is 21.3 Å². The second-order valence-electron chi connectivity index (χ2n) is 5.25. The lowest BCUT2D eigenvalue weighted by Crippen LogP contribution is -2.13. The normalized spacial score (nSPS) is 10.7. The molecule has 0 aliphatic rings. The first-order valence-electron chi connectivity index (χ1n) is 7.15. The lowest BCUT2D eigenvalue weighted by atomic mass is 10.2. The van der Waals surface area contributed by atoms with E-state index in [1.807, 2.05) is 13.0 Å². The number of para-hydroxylation sites is 1. The molecule has 0 fully saturated rings. The Morgan fingerprint density at radius 1 is 1.24 bits per heavy atom. The van der Waals surface area contributed by atoms with Crippen LogP contribution in [-0.2, 0) is 0 Å².